The monoisotopic (exact) mass is 187 g/mol. The van der Waals surface area contributed by atoms with Crippen LogP contribution in [0.4, 0.5) is 0 Å². The van der Waals surface area contributed by atoms with Gasteiger partial charge in [0.25, 0.3) is 0 Å². The lowest BCUT2D eigenvalue weighted by Gasteiger charge is -2.13. The standard InChI is InChI=1S/C13H17N/c1-3-12(4-2)13-7-5-6-11(10-13)8-9-14/h5-7,10,12H,3-4,8H2,1-2H3. The van der Waals surface area contributed by atoms with Crippen LogP contribution in [0.25, 0.3) is 0 Å². The van der Waals surface area contributed by atoms with Gasteiger partial charge < -0.3 is 0 Å². The minimum atomic E-state index is 0.522. The van der Waals surface area contributed by atoms with Gasteiger partial charge in [-0.05, 0) is 29.9 Å². The van der Waals surface area contributed by atoms with Gasteiger partial charge in [0.2, 0.25) is 0 Å². The fraction of sp³-hybridized carbons (Fsp3) is 0.462. The third kappa shape index (κ3) is 2.60. The summed E-state index contributed by atoms with van der Waals surface area (Å²) in [6, 6.07) is 10.6. The third-order valence-corrected chi connectivity index (χ3v) is 2.69. The van der Waals surface area contributed by atoms with Crippen molar-refractivity contribution in [1.29, 1.82) is 5.26 Å². The number of hydrogen-bond acceptors (Lipinski definition) is 1. The molecule has 0 unspecified atom stereocenters. The number of nitriles is 1. The maximum absolute atomic E-state index is 8.61. The third-order valence-electron chi connectivity index (χ3n) is 2.69. The van der Waals surface area contributed by atoms with Crippen LogP contribution in [-0.2, 0) is 6.42 Å². The zero-order valence-electron chi connectivity index (χ0n) is 8.96. The molecule has 0 amide bonds. The minimum Gasteiger partial charge on any atom is -0.198 e. The Bertz CT molecular complexity index is 318. The second-order valence-electron chi connectivity index (χ2n) is 3.59. The van der Waals surface area contributed by atoms with Crippen molar-refractivity contribution >= 4 is 0 Å². The topological polar surface area (TPSA) is 23.8 Å². The molecule has 1 aromatic carbocycles. The quantitative estimate of drug-likeness (QED) is 0.705. The van der Waals surface area contributed by atoms with Crippen molar-refractivity contribution < 1.29 is 0 Å². The maximum Gasteiger partial charge on any atom is 0.0669 e. The molecule has 0 aliphatic carbocycles. The van der Waals surface area contributed by atoms with Gasteiger partial charge in [0.1, 0.15) is 0 Å². The van der Waals surface area contributed by atoms with Crippen LogP contribution in [0.3, 0.4) is 0 Å². The molecule has 0 aliphatic heterocycles. The largest absolute Gasteiger partial charge is 0.198 e. The van der Waals surface area contributed by atoms with Crippen molar-refractivity contribution in [3.8, 4) is 6.07 Å². The minimum absolute atomic E-state index is 0.522. The lowest BCUT2D eigenvalue weighted by molar-refractivity contribution is 0.641. The Labute approximate surface area is 86.4 Å². The molecular weight excluding hydrogens is 170 g/mol. The molecule has 0 atom stereocenters. The summed E-state index contributed by atoms with van der Waals surface area (Å²) in [7, 11) is 0. The van der Waals surface area contributed by atoms with Crippen molar-refractivity contribution in [3.05, 3.63) is 35.4 Å². The molecule has 74 valence electrons. The van der Waals surface area contributed by atoms with Gasteiger partial charge in [-0.2, -0.15) is 5.26 Å². The van der Waals surface area contributed by atoms with Gasteiger partial charge in [-0.25, -0.2) is 0 Å². The molecule has 0 bridgehead atoms. The highest BCUT2D eigenvalue weighted by Gasteiger charge is 2.06. The first-order chi connectivity index (χ1) is 6.81. The van der Waals surface area contributed by atoms with E-state index < -0.39 is 0 Å². The Kier molecular flexibility index (Phi) is 4.19. The van der Waals surface area contributed by atoms with E-state index in [0.29, 0.717) is 12.3 Å². The summed E-state index contributed by atoms with van der Waals surface area (Å²) >= 11 is 0. The van der Waals surface area contributed by atoms with Crippen LogP contribution in [0, 0.1) is 11.3 Å². The fourth-order valence-corrected chi connectivity index (χ4v) is 1.81. The van der Waals surface area contributed by atoms with E-state index in [1.165, 1.54) is 18.4 Å². The number of hydrogen-bond donors (Lipinski definition) is 0. The Balaban J connectivity index is 2.87. The zero-order valence-corrected chi connectivity index (χ0v) is 8.96. The molecule has 0 saturated heterocycles. The SMILES string of the molecule is CCC(CC)c1cccc(CC#N)c1. The average Bonchev–Trinajstić information content (AvgIpc) is 2.21. The number of nitrogens with zero attached hydrogens (tertiary/aromatic N) is 1. The lowest BCUT2D eigenvalue weighted by atomic mass is 9.92. The Morgan fingerprint density at radius 3 is 2.57 bits per heavy atom. The Morgan fingerprint density at radius 2 is 2.00 bits per heavy atom. The van der Waals surface area contributed by atoms with Crippen LogP contribution in [-0.4, -0.2) is 0 Å². The van der Waals surface area contributed by atoms with Gasteiger partial charge in [0, 0.05) is 0 Å². The molecule has 0 heterocycles. The summed E-state index contributed by atoms with van der Waals surface area (Å²) in [4.78, 5) is 0. The molecular formula is C13H17N. The number of rotatable bonds is 4. The Morgan fingerprint density at radius 1 is 1.29 bits per heavy atom. The second kappa shape index (κ2) is 5.44. The predicted molar refractivity (Wildman–Crippen MR) is 59.1 cm³/mol. The van der Waals surface area contributed by atoms with Gasteiger partial charge in [0.05, 0.1) is 12.5 Å². The first-order valence-corrected chi connectivity index (χ1v) is 5.27. The van der Waals surface area contributed by atoms with Crippen LogP contribution in [0.1, 0.15) is 43.7 Å². The van der Waals surface area contributed by atoms with Crippen LogP contribution in [0.2, 0.25) is 0 Å². The smallest absolute Gasteiger partial charge is 0.0669 e. The molecule has 1 nitrogen and oxygen atoms in total. The number of benzene rings is 1. The lowest BCUT2D eigenvalue weighted by Crippen LogP contribution is -1.96. The Hall–Kier alpha value is -1.29. The van der Waals surface area contributed by atoms with Gasteiger partial charge >= 0.3 is 0 Å². The highest BCUT2D eigenvalue weighted by molar-refractivity contribution is 5.28. The van der Waals surface area contributed by atoms with E-state index in [2.05, 4.69) is 38.1 Å². The summed E-state index contributed by atoms with van der Waals surface area (Å²) < 4.78 is 0. The zero-order chi connectivity index (χ0) is 10.4. The molecule has 1 heteroatoms. The molecule has 1 aromatic rings. The average molecular weight is 187 g/mol. The van der Waals surface area contributed by atoms with Gasteiger partial charge in [0.15, 0.2) is 0 Å². The highest BCUT2D eigenvalue weighted by Crippen LogP contribution is 2.23. The van der Waals surface area contributed by atoms with E-state index in [9.17, 15) is 0 Å². The maximum atomic E-state index is 8.61. The van der Waals surface area contributed by atoms with Gasteiger partial charge in [-0.1, -0.05) is 38.1 Å². The van der Waals surface area contributed by atoms with Crippen LogP contribution in [0.5, 0.6) is 0 Å². The van der Waals surface area contributed by atoms with E-state index in [4.69, 9.17) is 5.26 Å². The van der Waals surface area contributed by atoms with E-state index in [0.717, 1.165) is 5.56 Å². The first kappa shape index (κ1) is 10.8. The highest BCUT2D eigenvalue weighted by atomic mass is 14.2. The second-order valence-corrected chi connectivity index (χ2v) is 3.59. The fourth-order valence-electron chi connectivity index (χ4n) is 1.81. The van der Waals surface area contributed by atoms with Crippen molar-refractivity contribution in [2.24, 2.45) is 0 Å². The van der Waals surface area contributed by atoms with Crippen molar-refractivity contribution in [2.75, 3.05) is 0 Å². The molecule has 0 saturated carbocycles. The molecule has 0 radical (unpaired) electrons. The molecule has 0 N–H and O–H groups in total. The van der Waals surface area contributed by atoms with Gasteiger partial charge in [-0.15, -0.1) is 0 Å². The van der Waals surface area contributed by atoms with Crippen molar-refractivity contribution in [3.63, 3.8) is 0 Å². The summed E-state index contributed by atoms with van der Waals surface area (Å²) in [6.45, 7) is 4.43. The molecule has 0 spiro atoms. The van der Waals surface area contributed by atoms with Crippen molar-refractivity contribution in [1.82, 2.24) is 0 Å². The molecule has 0 fully saturated rings. The van der Waals surface area contributed by atoms with Gasteiger partial charge in [-0.3, -0.25) is 0 Å². The summed E-state index contributed by atoms with van der Waals surface area (Å²) in [5.74, 6) is 0.647. The van der Waals surface area contributed by atoms with E-state index >= 15 is 0 Å². The summed E-state index contributed by atoms with van der Waals surface area (Å²) in [6.07, 6.45) is 2.87. The van der Waals surface area contributed by atoms with Crippen molar-refractivity contribution in [2.45, 2.75) is 39.0 Å². The molecule has 0 aromatic heterocycles. The van der Waals surface area contributed by atoms with E-state index in [1.807, 2.05) is 6.07 Å². The summed E-state index contributed by atoms with van der Waals surface area (Å²) in [5.41, 5.74) is 2.51. The van der Waals surface area contributed by atoms with E-state index in [-0.39, 0.29) is 0 Å². The van der Waals surface area contributed by atoms with Crippen LogP contribution in [0.15, 0.2) is 24.3 Å². The first-order valence-electron chi connectivity index (χ1n) is 5.27. The summed E-state index contributed by atoms with van der Waals surface area (Å²) in [5, 5.41) is 8.61. The molecule has 14 heavy (non-hydrogen) atoms. The molecule has 1 rings (SSSR count). The van der Waals surface area contributed by atoms with E-state index in [1.54, 1.807) is 0 Å². The van der Waals surface area contributed by atoms with Crippen LogP contribution >= 0.6 is 0 Å². The van der Waals surface area contributed by atoms with Crippen LogP contribution < -0.4 is 0 Å². The molecule has 0 aliphatic rings. The normalized spacial score (nSPS) is 10.1. The predicted octanol–water partition coefficient (Wildman–Crippen LogP) is 3.66.